The Bertz CT molecular complexity index is 803. The summed E-state index contributed by atoms with van der Waals surface area (Å²) in [6, 6.07) is 13.3. The lowest BCUT2D eigenvalue weighted by atomic mass is 10.1. The van der Waals surface area contributed by atoms with Gasteiger partial charge in [0.25, 0.3) is 5.91 Å². The summed E-state index contributed by atoms with van der Waals surface area (Å²) in [6.07, 6.45) is 4.70. The summed E-state index contributed by atoms with van der Waals surface area (Å²) in [6.45, 7) is 3.21. The van der Waals surface area contributed by atoms with Crippen molar-refractivity contribution < 1.29 is 9.21 Å². The number of rotatable bonds is 5. The van der Waals surface area contributed by atoms with Crippen LogP contribution in [0.4, 0.5) is 0 Å². The highest BCUT2D eigenvalue weighted by Crippen LogP contribution is 2.16. The van der Waals surface area contributed by atoms with E-state index >= 15 is 0 Å². The van der Waals surface area contributed by atoms with Crippen LogP contribution in [0.2, 0.25) is 0 Å². The zero-order valence-electron chi connectivity index (χ0n) is 14.3. The van der Waals surface area contributed by atoms with E-state index in [1.165, 1.54) is 11.8 Å². The van der Waals surface area contributed by atoms with Gasteiger partial charge in [0.1, 0.15) is 0 Å². The van der Waals surface area contributed by atoms with Gasteiger partial charge < -0.3 is 9.32 Å². The van der Waals surface area contributed by atoms with Gasteiger partial charge in [0.2, 0.25) is 0 Å². The fourth-order valence-corrected chi connectivity index (χ4v) is 3.09. The third-order valence-electron chi connectivity index (χ3n) is 4.29. The summed E-state index contributed by atoms with van der Waals surface area (Å²) in [7, 11) is 1.79. The first-order chi connectivity index (χ1) is 12.2. The van der Waals surface area contributed by atoms with Gasteiger partial charge in [-0.3, -0.25) is 9.69 Å². The zero-order valence-corrected chi connectivity index (χ0v) is 14.3. The van der Waals surface area contributed by atoms with E-state index in [-0.39, 0.29) is 5.91 Å². The number of hydrogen-bond donors (Lipinski definition) is 0. The molecule has 0 spiro atoms. The number of carbonyl (C=O) groups excluding carboxylic acids is 1. The zero-order chi connectivity index (χ0) is 17.6. The molecule has 2 heterocycles. The Balaban J connectivity index is 1.58. The van der Waals surface area contributed by atoms with Crippen molar-refractivity contribution in [1.82, 2.24) is 9.80 Å². The Labute approximate surface area is 147 Å². The molecule has 0 saturated carbocycles. The highest BCUT2D eigenvalue weighted by atomic mass is 16.3. The summed E-state index contributed by atoms with van der Waals surface area (Å²) >= 11 is 0. The summed E-state index contributed by atoms with van der Waals surface area (Å²) in [5, 5.41) is 9.02. The molecule has 0 unspecified atom stereocenters. The molecule has 0 aliphatic carbocycles. The van der Waals surface area contributed by atoms with Crippen molar-refractivity contribution in [2.75, 3.05) is 26.7 Å². The predicted molar refractivity (Wildman–Crippen MR) is 94.8 cm³/mol. The average Bonchev–Trinajstić information content (AvgIpc) is 3.16. The van der Waals surface area contributed by atoms with Gasteiger partial charge >= 0.3 is 0 Å². The normalized spacial score (nSPS) is 14.6. The third kappa shape index (κ3) is 4.37. The summed E-state index contributed by atoms with van der Waals surface area (Å²) in [4.78, 5) is 16.3. The number of likely N-dealkylation sites (N-methyl/N-ethyl adjacent to an activating group) is 1. The van der Waals surface area contributed by atoms with E-state index in [0.29, 0.717) is 17.9 Å². The summed E-state index contributed by atoms with van der Waals surface area (Å²) in [5.74, 6) is 0.258. The molecule has 1 aromatic carbocycles. The van der Waals surface area contributed by atoms with Gasteiger partial charge in [0.05, 0.1) is 17.9 Å². The van der Waals surface area contributed by atoms with Gasteiger partial charge in [-0.05, 0) is 41.8 Å². The maximum atomic E-state index is 12.3. The number of amides is 1. The van der Waals surface area contributed by atoms with Crippen LogP contribution in [0.25, 0.3) is 0 Å². The quantitative estimate of drug-likeness (QED) is 0.788. The van der Waals surface area contributed by atoms with Gasteiger partial charge in [-0.2, -0.15) is 5.26 Å². The molecule has 0 fully saturated rings. The minimum Gasteiger partial charge on any atom is -0.459 e. The van der Waals surface area contributed by atoms with Crippen molar-refractivity contribution >= 4 is 5.91 Å². The lowest BCUT2D eigenvalue weighted by Crippen LogP contribution is -2.35. The molecular weight excluding hydrogens is 314 g/mol. The molecule has 2 aromatic rings. The van der Waals surface area contributed by atoms with E-state index in [1.54, 1.807) is 24.1 Å². The number of hydrogen-bond acceptors (Lipinski definition) is 4. The number of nitriles is 1. The molecule has 1 aliphatic rings. The maximum Gasteiger partial charge on any atom is 0.289 e. The van der Waals surface area contributed by atoms with Gasteiger partial charge in [0.15, 0.2) is 5.76 Å². The van der Waals surface area contributed by atoms with E-state index in [1.807, 2.05) is 24.3 Å². The minimum atomic E-state index is -0.107. The molecule has 25 heavy (non-hydrogen) atoms. The second-order valence-electron chi connectivity index (χ2n) is 6.31. The molecule has 0 saturated heterocycles. The van der Waals surface area contributed by atoms with Gasteiger partial charge in [-0.15, -0.1) is 0 Å². The van der Waals surface area contributed by atoms with Crippen molar-refractivity contribution in [2.45, 2.75) is 13.0 Å². The van der Waals surface area contributed by atoms with Crippen LogP contribution < -0.4 is 0 Å². The lowest BCUT2D eigenvalue weighted by molar-refractivity contribution is 0.0772. The molecule has 0 atom stereocenters. The lowest BCUT2D eigenvalue weighted by Gasteiger charge is -2.29. The fraction of sp³-hybridized carbons (Fsp3) is 0.300. The monoisotopic (exact) mass is 335 g/mol. The SMILES string of the molecule is CN(CC1=CCCN(Cc2cccc(C#N)c2)C1)C(=O)c1ccco1. The van der Waals surface area contributed by atoms with E-state index < -0.39 is 0 Å². The highest BCUT2D eigenvalue weighted by molar-refractivity contribution is 5.91. The largest absolute Gasteiger partial charge is 0.459 e. The smallest absolute Gasteiger partial charge is 0.289 e. The highest BCUT2D eigenvalue weighted by Gasteiger charge is 2.19. The molecule has 0 bridgehead atoms. The topological polar surface area (TPSA) is 60.5 Å². The molecule has 3 rings (SSSR count). The van der Waals surface area contributed by atoms with Crippen LogP contribution in [-0.2, 0) is 6.54 Å². The molecule has 1 aliphatic heterocycles. The number of carbonyl (C=O) groups is 1. The standard InChI is InChI=1S/C20H21N3O2/c1-22(20(24)19-8-4-10-25-19)13-18-7-3-9-23(15-18)14-17-6-2-5-16(11-17)12-21/h2,4-8,10-11H,3,9,13-15H2,1H3. The van der Waals surface area contributed by atoms with Crippen LogP contribution >= 0.6 is 0 Å². The first-order valence-corrected chi connectivity index (χ1v) is 8.34. The Kier molecular flexibility index (Phi) is 5.32. The molecule has 5 nitrogen and oxygen atoms in total. The molecule has 1 amide bonds. The van der Waals surface area contributed by atoms with Crippen LogP contribution in [0, 0.1) is 11.3 Å². The van der Waals surface area contributed by atoms with E-state index in [4.69, 9.17) is 9.68 Å². The maximum absolute atomic E-state index is 12.3. The minimum absolute atomic E-state index is 0.107. The molecular formula is C20H21N3O2. The molecule has 0 radical (unpaired) electrons. The van der Waals surface area contributed by atoms with E-state index in [2.05, 4.69) is 17.0 Å². The first-order valence-electron chi connectivity index (χ1n) is 8.34. The molecule has 1 aromatic heterocycles. The first kappa shape index (κ1) is 17.0. The van der Waals surface area contributed by atoms with E-state index in [0.717, 1.165) is 31.6 Å². The number of benzene rings is 1. The third-order valence-corrected chi connectivity index (χ3v) is 4.29. The Morgan fingerprint density at radius 3 is 3.00 bits per heavy atom. The van der Waals surface area contributed by atoms with E-state index in [9.17, 15) is 4.79 Å². The predicted octanol–water partition coefficient (Wildman–Crippen LogP) is 3.06. The van der Waals surface area contributed by atoms with Crippen molar-refractivity contribution in [3.8, 4) is 6.07 Å². The average molecular weight is 335 g/mol. The van der Waals surface area contributed by atoms with Crippen LogP contribution in [0.5, 0.6) is 0 Å². The molecule has 5 heteroatoms. The van der Waals surface area contributed by atoms with Crippen LogP contribution in [0.1, 0.15) is 28.1 Å². The van der Waals surface area contributed by atoms with Crippen molar-refractivity contribution in [2.24, 2.45) is 0 Å². The summed E-state index contributed by atoms with van der Waals surface area (Å²) < 4.78 is 5.18. The van der Waals surface area contributed by atoms with Gasteiger partial charge in [0, 0.05) is 33.2 Å². The van der Waals surface area contributed by atoms with Crippen molar-refractivity contribution in [1.29, 1.82) is 5.26 Å². The summed E-state index contributed by atoms with van der Waals surface area (Å²) in [5.41, 5.74) is 3.06. The van der Waals surface area contributed by atoms with Gasteiger partial charge in [-0.25, -0.2) is 0 Å². The Morgan fingerprint density at radius 1 is 1.36 bits per heavy atom. The van der Waals surface area contributed by atoms with Crippen molar-refractivity contribution in [3.05, 3.63) is 71.2 Å². The van der Waals surface area contributed by atoms with Gasteiger partial charge in [-0.1, -0.05) is 18.2 Å². The Morgan fingerprint density at radius 2 is 2.24 bits per heavy atom. The molecule has 128 valence electrons. The number of furan rings is 1. The molecule has 0 N–H and O–H groups in total. The van der Waals surface area contributed by atoms with Crippen LogP contribution in [0.3, 0.4) is 0 Å². The van der Waals surface area contributed by atoms with Crippen molar-refractivity contribution in [3.63, 3.8) is 0 Å². The second-order valence-corrected chi connectivity index (χ2v) is 6.31. The van der Waals surface area contributed by atoms with Crippen LogP contribution in [0.15, 0.2) is 58.7 Å². The van der Waals surface area contributed by atoms with Crippen LogP contribution in [-0.4, -0.2) is 42.4 Å². The Hall–Kier alpha value is -2.84. The number of nitrogens with zero attached hydrogens (tertiary/aromatic N) is 3. The second kappa shape index (κ2) is 7.82. The fourth-order valence-electron chi connectivity index (χ4n) is 3.09.